The number of rotatable bonds is 8. The van der Waals surface area contributed by atoms with E-state index in [9.17, 15) is 4.79 Å². The van der Waals surface area contributed by atoms with Crippen molar-refractivity contribution >= 4 is 35.0 Å². The van der Waals surface area contributed by atoms with Crippen LogP contribution in [0.5, 0.6) is 5.75 Å². The molecule has 1 aromatic heterocycles. The second kappa shape index (κ2) is 9.43. The Morgan fingerprint density at radius 2 is 2.07 bits per heavy atom. The molecule has 8 heteroatoms. The summed E-state index contributed by atoms with van der Waals surface area (Å²) in [5, 5.41) is 10.8. The number of anilines is 1. The standard InChI is InChI=1S/C19H19ClN4O2S/c1-2-13-6-8-16(9-7-13)26-11-17-22-19(24-23-17)27-12-18(25)21-15-5-3-4-14(20)10-15/h3-10H,2,11-12H2,1H3,(H,21,25)(H,22,23,24). The molecule has 0 saturated heterocycles. The topological polar surface area (TPSA) is 79.9 Å². The lowest BCUT2D eigenvalue weighted by molar-refractivity contribution is -0.113. The Bertz CT molecular complexity index is 899. The number of nitrogens with one attached hydrogen (secondary N) is 2. The van der Waals surface area contributed by atoms with Crippen molar-refractivity contribution < 1.29 is 9.53 Å². The molecule has 6 nitrogen and oxygen atoms in total. The number of ether oxygens (including phenoxy) is 1. The summed E-state index contributed by atoms with van der Waals surface area (Å²) in [4.78, 5) is 16.3. The number of benzene rings is 2. The van der Waals surface area contributed by atoms with Crippen LogP contribution >= 0.6 is 23.4 Å². The number of aromatic nitrogens is 3. The number of hydrogen-bond acceptors (Lipinski definition) is 5. The molecular weight excluding hydrogens is 384 g/mol. The Kier molecular flexibility index (Phi) is 6.73. The van der Waals surface area contributed by atoms with Gasteiger partial charge in [0.25, 0.3) is 0 Å². The fraction of sp³-hybridized carbons (Fsp3) is 0.211. The predicted octanol–water partition coefficient (Wildman–Crippen LogP) is 4.33. The number of aryl methyl sites for hydroxylation is 1. The highest BCUT2D eigenvalue weighted by atomic mass is 35.5. The summed E-state index contributed by atoms with van der Waals surface area (Å²) in [6.45, 7) is 2.40. The molecule has 0 spiro atoms. The molecule has 0 bridgehead atoms. The van der Waals surface area contributed by atoms with Crippen molar-refractivity contribution in [3.8, 4) is 5.75 Å². The van der Waals surface area contributed by atoms with E-state index in [2.05, 4.69) is 27.4 Å². The number of carbonyl (C=O) groups is 1. The Hall–Kier alpha value is -2.51. The van der Waals surface area contributed by atoms with Crippen LogP contribution in [0.25, 0.3) is 0 Å². The van der Waals surface area contributed by atoms with Crippen LogP contribution in [0.15, 0.2) is 53.7 Å². The summed E-state index contributed by atoms with van der Waals surface area (Å²) in [5.41, 5.74) is 1.92. The fourth-order valence-corrected chi connectivity index (χ4v) is 3.08. The van der Waals surface area contributed by atoms with Gasteiger partial charge in [0.1, 0.15) is 12.4 Å². The number of H-pyrrole nitrogens is 1. The van der Waals surface area contributed by atoms with Gasteiger partial charge in [0.15, 0.2) is 5.82 Å². The van der Waals surface area contributed by atoms with E-state index in [1.165, 1.54) is 17.3 Å². The Morgan fingerprint density at radius 1 is 1.26 bits per heavy atom. The first-order valence-corrected chi connectivity index (χ1v) is 9.80. The van der Waals surface area contributed by atoms with Gasteiger partial charge in [-0.1, -0.05) is 48.5 Å². The molecule has 0 fully saturated rings. The van der Waals surface area contributed by atoms with Crippen molar-refractivity contribution in [2.24, 2.45) is 0 Å². The quantitative estimate of drug-likeness (QED) is 0.548. The molecule has 0 atom stereocenters. The van der Waals surface area contributed by atoms with Gasteiger partial charge >= 0.3 is 0 Å². The lowest BCUT2D eigenvalue weighted by atomic mass is 10.2. The Morgan fingerprint density at radius 3 is 2.81 bits per heavy atom. The fourth-order valence-electron chi connectivity index (χ4n) is 2.27. The molecule has 0 aliphatic carbocycles. The molecule has 1 amide bonds. The van der Waals surface area contributed by atoms with E-state index in [1.807, 2.05) is 24.3 Å². The molecule has 2 aromatic carbocycles. The zero-order chi connectivity index (χ0) is 19.1. The minimum Gasteiger partial charge on any atom is -0.486 e. The van der Waals surface area contributed by atoms with E-state index < -0.39 is 0 Å². The second-order valence-electron chi connectivity index (χ2n) is 5.70. The lowest BCUT2D eigenvalue weighted by Crippen LogP contribution is -2.14. The van der Waals surface area contributed by atoms with Crippen molar-refractivity contribution in [1.29, 1.82) is 0 Å². The molecule has 1 heterocycles. The lowest BCUT2D eigenvalue weighted by Gasteiger charge is -2.04. The minimum atomic E-state index is -0.152. The largest absolute Gasteiger partial charge is 0.486 e. The van der Waals surface area contributed by atoms with Gasteiger partial charge in [0.2, 0.25) is 11.1 Å². The zero-order valence-corrected chi connectivity index (χ0v) is 16.3. The van der Waals surface area contributed by atoms with Gasteiger partial charge in [-0.15, -0.1) is 5.10 Å². The summed E-state index contributed by atoms with van der Waals surface area (Å²) in [5.74, 6) is 1.43. The first-order chi connectivity index (χ1) is 13.1. The molecule has 140 valence electrons. The third kappa shape index (κ3) is 6.01. The maximum atomic E-state index is 12.0. The molecule has 0 aliphatic rings. The molecular formula is C19H19ClN4O2S. The normalized spacial score (nSPS) is 10.6. The smallest absolute Gasteiger partial charge is 0.234 e. The van der Waals surface area contributed by atoms with Gasteiger partial charge < -0.3 is 10.1 Å². The van der Waals surface area contributed by atoms with E-state index in [0.29, 0.717) is 21.7 Å². The van der Waals surface area contributed by atoms with Crippen molar-refractivity contribution in [1.82, 2.24) is 15.2 Å². The molecule has 2 N–H and O–H groups in total. The number of hydrogen-bond donors (Lipinski definition) is 2. The summed E-state index contributed by atoms with van der Waals surface area (Å²) in [6.07, 6.45) is 0.994. The second-order valence-corrected chi connectivity index (χ2v) is 7.08. The van der Waals surface area contributed by atoms with Crippen LogP contribution in [0.2, 0.25) is 5.02 Å². The molecule has 0 radical (unpaired) electrons. The van der Waals surface area contributed by atoms with Crippen LogP contribution in [0, 0.1) is 0 Å². The van der Waals surface area contributed by atoms with Crippen LogP contribution in [-0.2, 0) is 17.8 Å². The maximum absolute atomic E-state index is 12.0. The average molecular weight is 403 g/mol. The molecule has 0 unspecified atom stereocenters. The number of nitrogens with zero attached hydrogens (tertiary/aromatic N) is 2. The molecule has 27 heavy (non-hydrogen) atoms. The van der Waals surface area contributed by atoms with Crippen LogP contribution in [0.1, 0.15) is 18.3 Å². The zero-order valence-electron chi connectivity index (χ0n) is 14.7. The SMILES string of the molecule is CCc1ccc(OCc2nc(SCC(=O)Nc3cccc(Cl)c3)n[nH]2)cc1. The first-order valence-electron chi connectivity index (χ1n) is 8.43. The minimum absolute atomic E-state index is 0.152. The summed E-state index contributed by atoms with van der Waals surface area (Å²) < 4.78 is 5.69. The molecule has 3 rings (SSSR count). The van der Waals surface area contributed by atoms with Crippen molar-refractivity contribution in [2.75, 3.05) is 11.1 Å². The van der Waals surface area contributed by atoms with Crippen LogP contribution in [-0.4, -0.2) is 26.8 Å². The van der Waals surface area contributed by atoms with Crippen molar-refractivity contribution in [2.45, 2.75) is 25.1 Å². The van der Waals surface area contributed by atoms with Gasteiger partial charge in [-0.25, -0.2) is 4.98 Å². The van der Waals surface area contributed by atoms with Crippen molar-refractivity contribution in [3.05, 3.63) is 64.9 Å². The van der Waals surface area contributed by atoms with Crippen LogP contribution < -0.4 is 10.1 Å². The van der Waals surface area contributed by atoms with Gasteiger partial charge in [-0.05, 0) is 42.3 Å². The maximum Gasteiger partial charge on any atom is 0.234 e. The summed E-state index contributed by atoms with van der Waals surface area (Å²) >= 11 is 7.15. The van der Waals surface area contributed by atoms with E-state index in [4.69, 9.17) is 16.3 Å². The van der Waals surface area contributed by atoms with E-state index in [1.54, 1.807) is 24.3 Å². The van der Waals surface area contributed by atoms with Gasteiger partial charge in [0.05, 0.1) is 5.75 Å². The molecule has 3 aromatic rings. The number of thioether (sulfide) groups is 1. The average Bonchev–Trinajstić information content (AvgIpc) is 3.13. The van der Waals surface area contributed by atoms with Crippen LogP contribution in [0.4, 0.5) is 5.69 Å². The highest BCUT2D eigenvalue weighted by Crippen LogP contribution is 2.18. The van der Waals surface area contributed by atoms with Gasteiger partial charge in [-0.3, -0.25) is 9.89 Å². The summed E-state index contributed by atoms with van der Waals surface area (Å²) in [6, 6.07) is 15.0. The van der Waals surface area contributed by atoms with Crippen molar-refractivity contribution in [3.63, 3.8) is 0 Å². The summed E-state index contributed by atoms with van der Waals surface area (Å²) in [7, 11) is 0. The highest BCUT2D eigenvalue weighted by Gasteiger charge is 2.09. The Labute approximate surface area is 166 Å². The van der Waals surface area contributed by atoms with Gasteiger partial charge in [0, 0.05) is 10.7 Å². The van der Waals surface area contributed by atoms with E-state index >= 15 is 0 Å². The predicted molar refractivity (Wildman–Crippen MR) is 107 cm³/mol. The number of carbonyl (C=O) groups excluding carboxylic acids is 1. The molecule has 0 saturated carbocycles. The molecule has 0 aliphatic heterocycles. The monoisotopic (exact) mass is 402 g/mol. The first kappa shape index (κ1) is 19.3. The highest BCUT2D eigenvalue weighted by molar-refractivity contribution is 7.99. The third-order valence-corrected chi connectivity index (χ3v) is 4.74. The van der Waals surface area contributed by atoms with E-state index in [0.717, 1.165) is 12.2 Å². The third-order valence-electron chi connectivity index (χ3n) is 3.66. The number of aromatic amines is 1. The number of amides is 1. The number of halogens is 1. The Balaban J connectivity index is 1.45. The van der Waals surface area contributed by atoms with E-state index in [-0.39, 0.29) is 18.3 Å². The van der Waals surface area contributed by atoms with Crippen LogP contribution in [0.3, 0.4) is 0 Å². The van der Waals surface area contributed by atoms with Gasteiger partial charge in [-0.2, -0.15) is 0 Å².